The van der Waals surface area contributed by atoms with E-state index in [1.807, 2.05) is 18.3 Å². The average molecular weight is 549 g/mol. The smallest absolute Gasteiger partial charge is 0.143 e. The molecule has 3 nitrogen and oxygen atoms in total. The van der Waals surface area contributed by atoms with Crippen LogP contribution < -0.4 is 0 Å². The van der Waals surface area contributed by atoms with Crippen LogP contribution in [0.5, 0.6) is 0 Å². The summed E-state index contributed by atoms with van der Waals surface area (Å²) in [4.78, 5) is 10.2. The minimum absolute atomic E-state index is 0.859. The molecule has 9 rings (SSSR count). The van der Waals surface area contributed by atoms with Crippen LogP contribution in [-0.4, -0.2) is 9.97 Å². The highest BCUT2D eigenvalue weighted by molar-refractivity contribution is 6.23. The molecular weight excluding hydrogens is 524 g/mol. The van der Waals surface area contributed by atoms with Crippen LogP contribution in [0.25, 0.3) is 88.0 Å². The summed E-state index contributed by atoms with van der Waals surface area (Å²) in [6.07, 6.45) is 1.90. The Balaban J connectivity index is 1.17. The molecule has 0 aliphatic rings. The maximum Gasteiger partial charge on any atom is 0.143 e. The number of furan rings is 1. The molecule has 0 N–H and O–H groups in total. The van der Waals surface area contributed by atoms with Gasteiger partial charge in [0.1, 0.15) is 11.2 Å². The maximum absolute atomic E-state index is 6.34. The lowest BCUT2D eigenvalue weighted by Crippen LogP contribution is -1.92. The molecule has 0 fully saturated rings. The predicted octanol–water partition coefficient (Wildman–Crippen LogP) is 10.8. The zero-order valence-electron chi connectivity index (χ0n) is 23.2. The SMILES string of the molecule is c1cc(-c2cccc(-c3cccc4c3oc3ccccc34)c2)cc(-c2cnc3c4ccccc4c4ccccc4c3n2)c1. The maximum atomic E-state index is 6.34. The van der Waals surface area contributed by atoms with Gasteiger partial charge in [0.15, 0.2) is 0 Å². The number of hydrogen-bond acceptors (Lipinski definition) is 3. The van der Waals surface area contributed by atoms with Gasteiger partial charge in [0, 0.05) is 32.7 Å². The second-order valence-electron chi connectivity index (χ2n) is 11.0. The summed E-state index contributed by atoms with van der Waals surface area (Å²) in [6, 6.07) is 48.8. The van der Waals surface area contributed by atoms with Crippen molar-refractivity contribution in [2.75, 3.05) is 0 Å². The van der Waals surface area contributed by atoms with Crippen molar-refractivity contribution < 1.29 is 4.42 Å². The van der Waals surface area contributed by atoms with Crippen LogP contribution in [0.2, 0.25) is 0 Å². The third-order valence-corrected chi connectivity index (χ3v) is 8.50. The number of benzene rings is 7. The van der Waals surface area contributed by atoms with E-state index < -0.39 is 0 Å². The van der Waals surface area contributed by atoms with E-state index in [1.165, 1.54) is 10.8 Å². The van der Waals surface area contributed by atoms with Crippen molar-refractivity contribution in [3.8, 4) is 33.5 Å². The van der Waals surface area contributed by atoms with Gasteiger partial charge < -0.3 is 4.42 Å². The van der Waals surface area contributed by atoms with E-state index in [2.05, 4.69) is 127 Å². The molecule has 43 heavy (non-hydrogen) atoms. The quantitative estimate of drug-likeness (QED) is 0.206. The van der Waals surface area contributed by atoms with Crippen molar-refractivity contribution in [3.63, 3.8) is 0 Å². The van der Waals surface area contributed by atoms with Crippen LogP contribution in [-0.2, 0) is 0 Å². The molecule has 0 aliphatic carbocycles. The highest BCUT2D eigenvalue weighted by Gasteiger charge is 2.14. The normalized spacial score (nSPS) is 11.7. The molecular formula is C40H24N2O. The highest BCUT2D eigenvalue weighted by atomic mass is 16.3. The van der Waals surface area contributed by atoms with Crippen molar-refractivity contribution in [1.82, 2.24) is 9.97 Å². The van der Waals surface area contributed by atoms with E-state index in [0.717, 1.165) is 77.3 Å². The van der Waals surface area contributed by atoms with Crippen molar-refractivity contribution in [3.05, 3.63) is 146 Å². The first-order valence-electron chi connectivity index (χ1n) is 14.5. The Bertz CT molecular complexity index is 2490. The third-order valence-electron chi connectivity index (χ3n) is 8.50. The third kappa shape index (κ3) is 3.75. The van der Waals surface area contributed by atoms with Gasteiger partial charge in [-0.25, -0.2) is 4.98 Å². The standard InChI is InChI=1S/C40H24N2O/c1-3-17-33-30(14-1)31-15-2-4-18-34(31)39-38(33)41-24-36(42-39)28-13-8-11-26(23-28)25-10-7-12-27(22-25)29-19-9-20-35-32-16-5-6-21-37(32)43-40(29)35/h1-24H. The van der Waals surface area contributed by atoms with E-state index >= 15 is 0 Å². The monoisotopic (exact) mass is 548 g/mol. The molecule has 0 bridgehead atoms. The van der Waals surface area contributed by atoms with Crippen LogP contribution in [0, 0.1) is 0 Å². The van der Waals surface area contributed by atoms with Gasteiger partial charge in [0.25, 0.3) is 0 Å². The first-order valence-corrected chi connectivity index (χ1v) is 14.5. The molecule has 0 amide bonds. The fourth-order valence-corrected chi connectivity index (χ4v) is 6.46. The predicted molar refractivity (Wildman–Crippen MR) is 178 cm³/mol. The number of para-hydroxylation sites is 2. The molecule has 2 aromatic heterocycles. The van der Waals surface area contributed by atoms with Gasteiger partial charge in [0.05, 0.1) is 22.9 Å². The van der Waals surface area contributed by atoms with Gasteiger partial charge in [-0.1, -0.05) is 121 Å². The molecule has 0 saturated heterocycles. The Morgan fingerprint density at radius 1 is 0.419 bits per heavy atom. The van der Waals surface area contributed by atoms with Crippen molar-refractivity contribution in [1.29, 1.82) is 0 Å². The topological polar surface area (TPSA) is 38.9 Å². The fourth-order valence-electron chi connectivity index (χ4n) is 6.46. The zero-order chi connectivity index (χ0) is 28.3. The summed E-state index contributed by atoms with van der Waals surface area (Å²) in [5.74, 6) is 0. The molecule has 200 valence electrons. The van der Waals surface area contributed by atoms with Gasteiger partial charge in [-0.3, -0.25) is 4.98 Å². The second-order valence-corrected chi connectivity index (χ2v) is 11.0. The Kier molecular flexibility index (Phi) is 5.20. The van der Waals surface area contributed by atoms with E-state index in [0.29, 0.717) is 0 Å². The first kappa shape index (κ1) is 23.9. The van der Waals surface area contributed by atoms with Crippen molar-refractivity contribution in [2.24, 2.45) is 0 Å². The number of nitrogens with zero attached hydrogens (tertiary/aromatic N) is 2. The molecule has 2 heterocycles. The first-order chi connectivity index (χ1) is 21.3. The molecule has 0 unspecified atom stereocenters. The molecule has 0 spiro atoms. The molecule has 0 aliphatic heterocycles. The number of hydrogen-bond donors (Lipinski definition) is 0. The summed E-state index contributed by atoms with van der Waals surface area (Å²) in [7, 11) is 0. The molecule has 0 saturated carbocycles. The second kappa shape index (κ2) is 9.37. The van der Waals surface area contributed by atoms with Crippen LogP contribution in [0.15, 0.2) is 150 Å². The van der Waals surface area contributed by atoms with E-state index in [-0.39, 0.29) is 0 Å². The van der Waals surface area contributed by atoms with Crippen LogP contribution in [0.1, 0.15) is 0 Å². The summed E-state index contributed by atoms with van der Waals surface area (Å²) >= 11 is 0. The minimum Gasteiger partial charge on any atom is -0.455 e. The molecule has 3 heteroatoms. The average Bonchev–Trinajstić information content (AvgIpc) is 3.47. The lowest BCUT2D eigenvalue weighted by atomic mass is 9.96. The number of rotatable bonds is 3. The van der Waals surface area contributed by atoms with Gasteiger partial charge >= 0.3 is 0 Å². The van der Waals surface area contributed by atoms with Gasteiger partial charge in [-0.15, -0.1) is 0 Å². The van der Waals surface area contributed by atoms with E-state index in [1.54, 1.807) is 0 Å². The van der Waals surface area contributed by atoms with Crippen LogP contribution in [0.4, 0.5) is 0 Å². The fraction of sp³-hybridized carbons (Fsp3) is 0. The molecule has 0 radical (unpaired) electrons. The zero-order valence-corrected chi connectivity index (χ0v) is 23.2. The molecule has 9 aromatic rings. The summed E-state index contributed by atoms with van der Waals surface area (Å²) < 4.78 is 6.34. The van der Waals surface area contributed by atoms with Crippen LogP contribution >= 0.6 is 0 Å². The summed E-state index contributed by atoms with van der Waals surface area (Å²) in [6.45, 7) is 0. The summed E-state index contributed by atoms with van der Waals surface area (Å²) in [5.41, 5.74) is 10.1. The summed E-state index contributed by atoms with van der Waals surface area (Å²) in [5, 5.41) is 6.92. The van der Waals surface area contributed by atoms with E-state index in [9.17, 15) is 0 Å². The van der Waals surface area contributed by atoms with Gasteiger partial charge in [0.2, 0.25) is 0 Å². The lowest BCUT2D eigenvalue weighted by molar-refractivity contribution is 0.670. The lowest BCUT2D eigenvalue weighted by Gasteiger charge is -2.11. The van der Waals surface area contributed by atoms with Gasteiger partial charge in [-0.2, -0.15) is 0 Å². The Morgan fingerprint density at radius 3 is 1.74 bits per heavy atom. The Morgan fingerprint density at radius 2 is 0.977 bits per heavy atom. The molecule has 7 aromatic carbocycles. The van der Waals surface area contributed by atoms with Crippen LogP contribution in [0.3, 0.4) is 0 Å². The number of aromatic nitrogens is 2. The largest absolute Gasteiger partial charge is 0.455 e. The minimum atomic E-state index is 0.859. The van der Waals surface area contributed by atoms with E-state index in [4.69, 9.17) is 14.4 Å². The highest BCUT2D eigenvalue weighted by Crippen LogP contribution is 2.38. The molecule has 0 atom stereocenters. The Hall–Kier alpha value is -5.80. The van der Waals surface area contributed by atoms with Gasteiger partial charge in [-0.05, 0) is 45.7 Å². The van der Waals surface area contributed by atoms with Crippen molar-refractivity contribution >= 4 is 54.5 Å². The number of fused-ring (bicyclic) bond motifs is 9. The van der Waals surface area contributed by atoms with Crippen molar-refractivity contribution in [2.45, 2.75) is 0 Å². The Labute approximate surface area is 247 Å².